The van der Waals surface area contributed by atoms with Crippen LogP contribution in [0, 0.1) is 5.41 Å². The first-order valence-electron chi connectivity index (χ1n) is 5.44. The van der Waals surface area contributed by atoms with Crippen molar-refractivity contribution in [3.8, 4) is 5.75 Å². The second kappa shape index (κ2) is 5.91. The van der Waals surface area contributed by atoms with Crippen molar-refractivity contribution in [2.75, 3.05) is 0 Å². The highest BCUT2D eigenvalue weighted by Crippen LogP contribution is 2.32. The van der Waals surface area contributed by atoms with Gasteiger partial charge in [0.1, 0.15) is 18.1 Å². The molecule has 0 bridgehead atoms. The van der Waals surface area contributed by atoms with Gasteiger partial charge in [0.15, 0.2) is 5.75 Å². The Hall–Kier alpha value is -1.78. The highest BCUT2D eigenvalue weighted by atomic mass is 35.5. The largest absolute Gasteiger partial charge is 0.486 e. The van der Waals surface area contributed by atoms with Crippen LogP contribution in [0.3, 0.4) is 0 Å². The Morgan fingerprint density at radius 3 is 2.58 bits per heavy atom. The van der Waals surface area contributed by atoms with Crippen molar-refractivity contribution >= 4 is 29.0 Å². The van der Waals surface area contributed by atoms with Gasteiger partial charge in [0.2, 0.25) is 0 Å². The Bertz CT molecular complexity index is 596. The van der Waals surface area contributed by atoms with Crippen LogP contribution < -0.4 is 10.5 Å². The molecular formula is C13H11Cl2N3O. The molecule has 0 aliphatic heterocycles. The Morgan fingerprint density at radius 2 is 1.95 bits per heavy atom. The molecule has 0 saturated carbocycles. The molecule has 1 aromatic heterocycles. The Morgan fingerprint density at radius 1 is 1.26 bits per heavy atom. The van der Waals surface area contributed by atoms with Crippen molar-refractivity contribution in [2.45, 2.75) is 6.61 Å². The predicted molar refractivity (Wildman–Crippen MR) is 76.0 cm³/mol. The number of rotatable bonds is 4. The number of halogens is 2. The third-order valence-electron chi connectivity index (χ3n) is 2.40. The van der Waals surface area contributed by atoms with Gasteiger partial charge in [-0.25, -0.2) is 0 Å². The minimum absolute atomic E-state index is 0.0855. The lowest BCUT2D eigenvalue weighted by molar-refractivity contribution is 0.306. The average molecular weight is 296 g/mol. The molecule has 6 heteroatoms. The molecule has 0 fully saturated rings. The Balaban J connectivity index is 2.15. The molecular weight excluding hydrogens is 285 g/mol. The number of aromatic nitrogens is 1. The summed E-state index contributed by atoms with van der Waals surface area (Å²) < 4.78 is 5.59. The molecule has 0 aliphatic carbocycles. The summed E-state index contributed by atoms with van der Waals surface area (Å²) in [5, 5.41) is 8.23. The zero-order chi connectivity index (χ0) is 13.8. The van der Waals surface area contributed by atoms with Crippen molar-refractivity contribution in [3.05, 3.63) is 57.8 Å². The lowest BCUT2D eigenvalue weighted by Gasteiger charge is -2.10. The van der Waals surface area contributed by atoms with Crippen molar-refractivity contribution in [3.63, 3.8) is 0 Å². The number of amidine groups is 1. The number of nitrogens with zero attached hydrogens (tertiary/aromatic N) is 1. The number of ether oxygens (including phenoxy) is 1. The van der Waals surface area contributed by atoms with Crippen LogP contribution in [-0.4, -0.2) is 10.8 Å². The van der Waals surface area contributed by atoms with Crippen LogP contribution in [-0.2, 0) is 6.61 Å². The SMILES string of the molecule is N=C(N)c1cc(COc2c(Cl)cccc2Cl)ccn1. The quantitative estimate of drug-likeness (QED) is 0.672. The maximum Gasteiger partial charge on any atom is 0.156 e. The molecule has 0 spiro atoms. The number of para-hydroxylation sites is 1. The molecule has 2 rings (SSSR count). The topological polar surface area (TPSA) is 72.0 Å². The van der Waals surface area contributed by atoms with E-state index in [1.807, 2.05) is 0 Å². The van der Waals surface area contributed by atoms with E-state index in [9.17, 15) is 0 Å². The smallest absolute Gasteiger partial charge is 0.156 e. The fourth-order valence-electron chi connectivity index (χ4n) is 1.49. The van der Waals surface area contributed by atoms with Gasteiger partial charge in [-0.3, -0.25) is 10.4 Å². The molecule has 0 amide bonds. The molecule has 1 heterocycles. The number of nitrogens with two attached hydrogens (primary N) is 1. The van der Waals surface area contributed by atoms with Crippen LogP contribution in [0.1, 0.15) is 11.3 Å². The first-order chi connectivity index (χ1) is 9.08. The highest BCUT2D eigenvalue weighted by Gasteiger charge is 2.07. The maximum absolute atomic E-state index is 7.33. The molecule has 3 N–H and O–H groups in total. The van der Waals surface area contributed by atoms with Crippen molar-refractivity contribution in [2.24, 2.45) is 5.73 Å². The van der Waals surface area contributed by atoms with Crippen molar-refractivity contribution in [1.82, 2.24) is 4.98 Å². The zero-order valence-corrected chi connectivity index (χ0v) is 11.4. The second-order valence-corrected chi connectivity index (χ2v) is 4.62. The Kier molecular flexibility index (Phi) is 4.24. The number of hydrogen-bond donors (Lipinski definition) is 2. The maximum atomic E-state index is 7.33. The average Bonchev–Trinajstić information content (AvgIpc) is 2.38. The van der Waals surface area contributed by atoms with Gasteiger partial charge < -0.3 is 10.5 Å². The summed E-state index contributed by atoms with van der Waals surface area (Å²) in [5.74, 6) is 0.352. The van der Waals surface area contributed by atoms with Gasteiger partial charge in [-0.15, -0.1) is 0 Å². The summed E-state index contributed by atoms with van der Waals surface area (Å²) in [6.07, 6.45) is 1.57. The molecule has 4 nitrogen and oxygen atoms in total. The molecule has 2 aromatic rings. The Labute approximate surface area is 120 Å². The molecule has 0 radical (unpaired) electrons. The summed E-state index contributed by atoms with van der Waals surface area (Å²) in [6, 6.07) is 8.62. The summed E-state index contributed by atoms with van der Waals surface area (Å²) in [7, 11) is 0. The third-order valence-corrected chi connectivity index (χ3v) is 3.00. The van der Waals surface area contributed by atoms with Crippen molar-refractivity contribution in [1.29, 1.82) is 5.41 Å². The van der Waals surface area contributed by atoms with E-state index >= 15 is 0 Å². The van der Waals surface area contributed by atoms with Gasteiger partial charge in [-0.1, -0.05) is 29.3 Å². The van der Waals surface area contributed by atoms with Crippen LogP contribution >= 0.6 is 23.2 Å². The van der Waals surface area contributed by atoms with Gasteiger partial charge in [0, 0.05) is 6.20 Å². The minimum atomic E-state index is -0.0855. The first-order valence-corrected chi connectivity index (χ1v) is 6.19. The van der Waals surface area contributed by atoms with Crippen LogP contribution in [0.2, 0.25) is 10.0 Å². The molecule has 19 heavy (non-hydrogen) atoms. The van der Waals surface area contributed by atoms with Gasteiger partial charge in [-0.05, 0) is 29.8 Å². The molecule has 98 valence electrons. The van der Waals surface area contributed by atoms with Gasteiger partial charge in [0.25, 0.3) is 0 Å². The highest BCUT2D eigenvalue weighted by molar-refractivity contribution is 6.37. The van der Waals surface area contributed by atoms with E-state index in [1.54, 1.807) is 36.5 Å². The molecule has 0 atom stereocenters. The van der Waals surface area contributed by atoms with E-state index in [4.69, 9.17) is 39.1 Å². The molecule has 0 aliphatic rings. The van der Waals surface area contributed by atoms with E-state index in [2.05, 4.69) is 4.98 Å². The second-order valence-electron chi connectivity index (χ2n) is 3.80. The number of hydrogen-bond acceptors (Lipinski definition) is 3. The van der Waals surface area contributed by atoms with E-state index < -0.39 is 0 Å². The van der Waals surface area contributed by atoms with E-state index in [1.165, 1.54) is 0 Å². The number of nitrogen functional groups attached to an aromatic ring is 1. The number of nitrogens with one attached hydrogen (secondary N) is 1. The number of benzene rings is 1. The fraction of sp³-hybridized carbons (Fsp3) is 0.0769. The van der Waals surface area contributed by atoms with Gasteiger partial charge >= 0.3 is 0 Å². The molecule has 1 aromatic carbocycles. The lowest BCUT2D eigenvalue weighted by atomic mass is 10.2. The summed E-state index contributed by atoms with van der Waals surface area (Å²) in [6.45, 7) is 0.270. The lowest BCUT2D eigenvalue weighted by Crippen LogP contribution is -2.13. The van der Waals surface area contributed by atoms with Crippen LogP contribution in [0.25, 0.3) is 0 Å². The molecule has 0 unspecified atom stereocenters. The van der Waals surface area contributed by atoms with Gasteiger partial charge in [0.05, 0.1) is 10.0 Å². The van der Waals surface area contributed by atoms with Crippen LogP contribution in [0.4, 0.5) is 0 Å². The van der Waals surface area contributed by atoms with E-state index in [0.29, 0.717) is 21.5 Å². The van der Waals surface area contributed by atoms with Crippen molar-refractivity contribution < 1.29 is 4.74 Å². The number of pyridine rings is 1. The van der Waals surface area contributed by atoms with Crippen LogP contribution in [0.15, 0.2) is 36.5 Å². The van der Waals surface area contributed by atoms with Gasteiger partial charge in [-0.2, -0.15) is 0 Å². The zero-order valence-electron chi connectivity index (χ0n) is 9.86. The summed E-state index contributed by atoms with van der Waals surface area (Å²) in [5.41, 5.74) is 6.61. The standard InChI is InChI=1S/C13H11Cl2N3O/c14-9-2-1-3-10(15)12(9)19-7-8-4-5-18-11(6-8)13(16)17/h1-6H,7H2,(H3,16,17). The monoisotopic (exact) mass is 295 g/mol. The molecule has 0 saturated heterocycles. The van der Waals surface area contributed by atoms with Crippen LogP contribution in [0.5, 0.6) is 5.75 Å². The first kappa shape index (κ1) is 13.6. The minimum Gasteiger partial charge on any atom is -0.486 e. The third kappa shape index (κ3) is 3.36. The normalized spacial score (nSPS) is 10.2. The fourth-order valence-corrected chi connectivity index (χ4v) is 1.99. The summed E-state index contributed by atoms with van der Waals surface area (Å²) in [4.78, 5) is 3.97. The summed E-state index contributed by atoms with van der Waals surface area (Å²) >= 11 is 12.0. The van der Waals surface area contributed by atoms with E-state index in [0.717, 1.165) is 5.56 Å². The predicted octanol–water partition coefficient (Wildman–Crippen LogP) is 3.25. The van der Waals surface area contributed by atoms with E-state index in [-0.39, 0.29) is 12.4 Å².